The molecule has 162 valence electrons. The molecule has 0 aliphatic heterocycles. The Balaban J connectivity index is 1.72. The molecule has 0 radical (unpaired) electrons. The molecular weight excluding hydrogens is 418 g/mol. The molecule has 0 bridgehead atoms. The van der Waals surface area contributed by atoms with Gasteiger partial charge in [-0.1, -0.05) is 36.4 Å². The lowest BCUT2D eigenvalue weighted by molar-refractivity contribution is -0.274. The number of nitrogens with one attached hydrogen (secondary N) is 1. The molecule has 3 rings (SSSR count). The van der Waals surface area contributed by atoms with E-state index in [0.717, 1.165) is 11.6 Å². The highest BCUT2D eigenvalue weighted by Gasteiger charge is 2.32. The minimum absolute atomic E-state index is 0.184. The molecule has 0 unspecified atom stereocenters. The minimum Gasteiger partial charge on any atom is -0.479 e. The number of carboxylic acid groups (broad SMARTS) is 1. The monoisotopic (exact) mass is 435 g/mol. The number of ether oxygens (including phenoxy) is 2. The molecule has 2 N–H and O–H groups in total. The van der Waals surface area contributed by atoms with Crippen molar-refractivity contribution in [2.45, 2.75) is 12.9 Å². The molecule has 0 aliphatic carbocycles. The Hall–Kier alpha value is -3.75. The minimum atomic E-state index is -4.81. The zero-order valence-corrected chi connectivity index (χ0v) is 15.9. The summed E-state index contributed by atoms with van der Waals surface area (Å²) in [6, 6.07) is 16.6. The van der Waals surface area contributed by atoms with Crippen LogP contribution in [0.4, 0.5) is 23.2 Å². The maximum atomic E-state index is 14.0. The summed E-state index contributed by atoms with van der Waals surface area (Å²) in [7, 11) is 0. The van der Waals surface area contributed by atoms with Crippen molar-refractivity contribution in [1.82, 2.24) is 0 Å². The van der Waals surface area contributed by atoms with Gasteiger partial charge in [-0.05, 0) is 35.4 Å². The number of aliphatic carboxylic acids is 1. The Morgan fingerprint density at radius 2 is 1.74 bits per heavy atom. The topological polar surface area (TPSA) is 67.8 Å². The predicted octanol–water partition coefficient (Wildman–Crippen LogP) is 5.47. The lowest BCUT2D eigenvalue weighted by atomic mass is 10.0. The molecule has 0 heterocycles. The van der Waals surface area contributed by atoms with Gasteiger partial charge < -0.3 is 19.9 Å². The fourth-order valence-corrected chi connectivity index (χ4v) is 2.84. The van der Waals surface area contributed by atoms with Crippen molar-refractivity contribution in [2.75, 3.05) is 11.9 Å². The van der Waals surface area contributed by atoms with Crippen LogP contribution in [0.15, 0.2) is 66.7 Å². The van der Waals surface area contributed by atoms with Gasteiger partial charge in [-0.25, -0.2) is 9.18 Å². The summed E-state index contributed by atoms with van der Waals surface area (Å²) in [5.74, 6) is -2.43. The Bertz CT molecular complexity index is 1070. The fraction of sp³-hybridized carbons (Fsp3) is 0.136. The van der Waals surface area contributed by atoms with Gasteiger partial charge in [0.1, 0.15) is 5.75 Å². The normalized spacial score (nSPS) is 11.1. The van der Waals surface area contributed by atoms with Gasteiger partial charge in [-0.15, -0.1) is 13.2 Å². The molecule has 5 nitrogen and oxygen atoms in total. The average Bonchev–Trinajstić information content (AvgIpc) is 2.71. The Labute approximate surface area is 174 Å². The Morgan fingerprint density at radius 3 is 2.45 bits per heavy atom. The molecule has 3 aromatic rings. The second-order valence-corrected chi connectivity index (χ2v) is 6.43. The molecule has 0 spiro atoms. The first kappa shape index (κ1) is 21.9. The van der Waals surface area contributed by atoms with Crippen LogP contribution < -0.4 is 14.8 Å². The smallest absolute Gasteiger partial charge is 0.479 e. The highest BCUT2D eigenvalue weighted by molar-refractivity contribution is 5.71. The van der Waals surface area contributed by atoms with Crippen LogP contribution in [-0.2, 0) is 11.3 Å². The van der Waals surface area contributed by atoms with Gasteiger partial charge in [0, 0.05) is 23.9 Å². The molecule has 0 aromatic heterocycles. The van der Waals surface area contributed by atoms with Crippen LogP contribution in [0, 0.1) is 5.82 Å². The summed E-state index contributed by atoms with van der Waals surface area (Å²) in [5, 5.41) is 11.6. The molecule has 9 heteroatoms. The first-order valence-corrected chi connectivity index (χ1v) is 9.03. The number of carbonyl (C=O) groups is 1. The summed E-state index contributed by atoms with van der Waals surface area (Å²) in [4.78, 5) is 10.5. The largest absolute Gasteiger partial charge is 0.573 e. The van der Waals surface area contributed by atoms with Crippen molar-refractivity contribution in [2.24, 2.45) is 0 Å². The van der Waals surface area contributed by atoms with E-state index in [1.54, 1.807) is 30.3 Å². The Kier molecular flexibility index (Phi) is 6.64. The van der Waals surface area contributed by atoms with Crippen LogP contribution in [0.5, 0.6) is 11.5 Å². The Morgan fingerprint density at radius 1 is 0.968 bits per heavy atom. The molecule has 0 atom stereocenters. The van der Waals surface area contributed by atoms with Crippen molar-refractivity contribution in [1.29, 1.82) is 0 Å². The predicted molar refractivity (Wildman–Crippen MR) is 105 cm³/mol. The number of hydrogen-bond donors (Lipinski definition) is 2. The first-order valence-electron chi connectivity index (χ1n) is 9.03. The van der Waals surface area contributed by atoms with Crippen molar-refractivity contribution in [3.8, 4) is 22.6 Å². The molecule has 0 aliphatic rings. The molecular formula is C22H17F4NO4. The van der Waals surface area contributed by atoms with Crippen LogP contribution in [0.3, 0.4) is 0 Å². The number of alkyl halides is 3. The van der Waals surface area contributed by atoms with Gasteiger partial charge in [0.15, 0.2) is 18.2 Å². The summed E-state index contributed by atoms with van der Waals surface area (Å²) in [6.45, 7) is -0.388. The quantitative estimate of drug-likeness (QED) is 0.460. The number of hydrogen-bond acceptors (Lipinski definition) is 4. The highest BCUT2D eigenvalue weighted by Crippen LogP contribution is 2.34. The SMILES string of the molecule is O=C(O)COc1ccc(NCc2cccc(-c3ccccc3OC(F)(F)F)c2)cc1F. The van der Waals surface area contributed by atoms with E-state index >= 15 is 0 Å². The maximum absolute atomic E-state index is 14.0. The standard InChI is InChI=1S/C22H17F4NO4/c23-18-11-16(8-9-20(18)30-13-21(28)29)27-12-14-4-3-5-15(10-14)17-6-1-2-7-19(17)31-22(24,25)26/h1-11,27H,12-13H2,(H,28,29). The second kappa shape index (κ2) is 9.38. The van der Waals surface area contributed by atoms with Crippen LogP contribution in [-0.4, -0.2) is 24.0 Å². The van der Waals surface area contributed by atoms with Crippen molar-refractivity contribution in [3.05, 3.63) is 78.1 Å². The van der Waals surface area contributed by atoms with Gasteiger partial charge in [0.25, 0.3) is 0 Å². The number of benzene rings is 3. The van der Waals surface area contributed by atoms with E-state index in [2.05, 4.69) is 10.1 Å². The van der Waals surface area contributed by atoms with Crippen LogP contribution in [0.1, 0.15) is 5.56 Å². The zero-order chi connectivity index (χ0) is 22.4. The van der Waals surface area contributed by atoms with Gasteiger partial charge in [-0.3, -0.25) is 0 Å². The highest BCUT2D eigenvalue weighted by atomic mass is 19.4. The van der Waals surface area contributed by atoms with Crippen molar-refractivity contribution in [3.63, 3.8) is 0 Å². The lowest BCUT2D eigenvalue weighted by Gasteiger charge is -2.14. The number of para-hydroxylation sites is 1. The number of carboxylic acids is 1. The van der Waals surface area contributed by atoms with E-state index in [-0.39, 0.29) is 23.6 Å². The van der Waals surface area contributed by atoms with Crippen LogP contribution in [0.25, 0.3) is 11.1 Å². The molecule has 31 heavy (non-hydrogen) atoms. The maximum Gasteiger partial charge on any atom is 0.573 e. The van der Waals surface area contributed by atoms with E-state index in [0.29, 0.717) is 11.3 Å². The van der Waals surface area contributed by atoms with Crippen molar-refractivity contribution >= 4 is 11.7 Å². The third-order valence-electron chi connectivity index (χ3n) is 4.13. The third kappa shape index (κ3) is 6.36. The van der Waals surface area contributed by atoms with E-state index in [9.17, 15) is 22.4 Å². The lowest BCUT2D eigenvalue weighted by Crippen LogP contribution is -2.17. The van der Waals surface area contributed by atoms with E-state index in [1.165, 1.54) is 30.3 Å². The summed E-state index contributed by atoms with van der Waals surface area (Å²) in [5.41, 5.74) is 1.98. The first-order chi connectivity index (χ1) is 14.7. The van der Waals surface area contributed by atoms with Gasteiger partial charge in [0.05, 0.1) is 0 Å². The fourth-order valence-electron chi connectivity index (χ4n) is 2.84. The van der Waals surface area contributed by atoms with Gasteiger partial charge in [-0.2, -0.15) is 0 Å². The third-order valence-corrected chi connectivity index (χ3v) is 4.13. The summed E-state index contributed by atoms with van der Waals surface area (Å²) in [6.07, 6.45) is -4.81. The molecule has 3 aromatic carbocycles. The van der Waals surface area contributed by atoms with Crippen LogP contribution >= 0.6 is 0 Å². The average molecular weight is 435 g/mol. The molecule has 0 amide bonds. The summed E-state index contributed by atoms with van der Waals surface area (Å²) >= 11 is 0. The van der Waals surface area contributed by atoms with Gasteiger partial charge in [0.2, 0.25) is 0 Å². The zero-order valence-electron chi connectivity index (χ0n) is 15.9. The number of halogens is 4. The molecule has 0 saturated heterocycles. The molecule has 0 saturated carbocycles. The second-order valence-electron chi connectivity index (χ2n) is 6.43. The number of rotatable bonds is 8. The van der Waals surface area contributed by atoms with E-state index in [4.69, 9.17) is 9.84 Å². The molecule has 0 fully saturated rings. The van der Waals surface area contributed by atoms with E-state index in [1.807, 2.05) is 0 Å². The van der Waals surface area contributed by atoms with Crippen LogP contribution in [0.2, 0.25) is 0 Å². The van der Waals surface area contributed by atoms with E-state index < -0.39 is 24.8 Å². The van der Waals surface area contributed by atoms with Crippen molar-refractivity contribution < 1.29 is 36.9 Å². The van der Waals surface area contributed by atoms with Gasteiger partial charge >= 0.3 is 12.3 Å². The summed E-state index contributed by atoms with van der Waals surface area (Å²) < 4.78 is 61.0. The number of anilines is 1.